The summed E-state index contributed by atoms with van der Waals surface area (Å²) in [5, 5.41) is 3.50. The van der Waals surface area contributed by atoms with Crippen LogP contribution in [0.2, 0.25) is 0 Å². The Hall–Kier alpha value is -2.16. The fourth-order valence-electron chi connectivity index (χ4n) is 2.36. The first-order valence-corrected chi connectivity index (χ1v) is 7.65. The van der Waals surface area contributed by atoms with Crippen molar-refractivity contribution in [2.45, 2.75) is 40.3 Å². The molecule has 0 aliphatic heterocycles. The average molecular weight is 299 g/mol. The van der Waals surface area contributed by atoms with Crippen LogP contribution in [0.25, 0.3) is 0 Å². The normalized spacial score (nSPS) is 10.6. The molecule has 1 N–H and O–H groups in total. The Bertz CT molecular complexity index is 635. The van der Waals surface area contributed by atoms with Crippen molar-refractivity contribution in [3.05, 3.63) is 53.1 Å². The number of nitrogens with one attached hydrogen (secondary N) is 1. The molecule has 2 aromatic rings. The quantitative estimate of drug-likeness (QED) is 0.838. The summed E-state index contributed by atoms with van der Waals surface area (Å²) in [7, 11) is 1.67. The van der Waals surface area contributed by atoms with Gasteiger partial charge in [0.1, 0.15) is 0 Å². The van der Waals surface area contributed by atoms with E-state index in [9.17, 15) is 0 Å². The maximum Gasteiger partial charge on any atom is 0.166 e. The fourth-order valence-corrected chi connectivity index (χ4v) is 2.36. The second kappa shape index (κ2) is 7.21. The van der Waals surface area contributed by atoms with Crippen LogP contribution in [0.1, 0.15) is 30.5 Å². The lowest BCUT2D eigenvalue weighted by atomic mass is 10.1. The topological polar surface area (TPSA) is 30.5 Å². The van der Waals surface area contributed by atoms with E-state index >= 15 is 0 Å². The van der Waals surface area contributed by atoms with Gasteiger partial charge in [0.05, 0.1) is 13.2 Å². The number of benzene rings is 2. The Morgan fingerprint density at radius 3 is 2.45 bits per heavy atom. The van der Waals surface area contributed by atoms with Crippen LogP contribution in [-0.4, -0.2) is 13.2 Å². The van der Waals surface area contributed by atoms with E-state index in [1.165, 1.54) is 11.1 Å². The van der Waals surface area contributed by atoms with Gasteiger partial charge in [-0.05, 0) is 51.0 Å². The molecule has 0 saturated carbocycles. The third-order valence-corrected chi connectivity index (χ3v) is 3.71. The molecule has 2 rings (SSSR count). The smallest absolute Gasteiger partial charge is 0.166 e. The molecule has 0 bridgehead atoms. The zero-order valence-electron chi connectivity index (χ0n) is 14.1. The van der Waals surface area contributed by atoms with Crippen LogP contribution < -0.4 is 14.8 Å². The molecule has 22 heavy (non-hydrogen) atoms. The molecule has 3 heteroatoms. The van der Waals surface area contributed by atoms with Crippen LogP contribution >= 0.6 is 0 Å². The van der Waals surface area contributed by atoms with E-state index in [1.54, 1.807) is 7.11 Å². The molecule has 3 nitrogen and oxygen atoms in total. The third kappa shape index (κ3) is 3.73. The van der Waals surface area contributed by atoms with E-state index in [4.69, 9.17) is 9.47 Å². The van der Waals surface area contributed by atoms with E-state index in [0.29, 0.717) is 6.54 Å². The molecule has 0 fully saturated rings. The Labute approximate surface area is 133 Å². The fraction of sp³-hybridized carbons (Fsp3) is 0.368. The molecule has 0 saturated heterocycles. The minimum absolute atomic E-state index is 0.107. The summed E-state index contributed by atoms with van der Waals surface area (Å²) in [5.41, 5.74) is 4.80. The number of hydrogen-bond acceptors (Lipinski definition) is 3. The van der Waals surface area contributed by atoms with Crippen LogP contribution in [0.15, 0.2) is 36.4 Å². The van der Waals surface area contributed by atoms with Gasteiger partial charge in [-0.2, -0.15) is 0 Å². The lowest BCUT2D eigenvalue weighted by molar-refractivity contribution is 0.228. The Kier molecular flexibility index (Phi) is 5.31. The van der Waals surface area contributed by atoms with Crippen molar-refractivity contribution in [2.24, 2.45) is 0 Å². The molecule has 2 aromatic carbocycles. The van der Waals surface area contributed by atoms with Crippen molar-refractivity contribution < 1.29 is 9.47 Å². The molecule has 0 aliphatic rings. The van der Waals surface area contributed by atoms with E-state index in [-0.39, 0.29) is 6.10 Å². The van der Waals surface area contributed by atoms with Gasteiger partial charge in [-0.3, -0.25) is 0 Å². The highest BCUT2D eigenvalue weighted by Gasteiger charge is 2.12. The Morgan fingerprint density at radius 1 is 1.05 bits per heavy atom. The van der Waals surface area contributed by atoms with Gasteiger partial charge in [0.15, 0.2) is 11.5 Å². The van der Waals surface area contributed by atoms with Gasteiger partial charge in [0, 0.05) is 17.8 Å². The van der Waals surface area contributed by atoms with Crippen molar-refractivity contribution in [1.82, 2.24) is 0 Å². The molecule has 0 heterocycles. The maximum atomic E-state index is 5.94. The van der Waals surface area contributed by atoms with Crippen LogP contribution in [0.3, 0.4) is 0 Å². The molecule has 0 aromatic heterocycles. The zero-order chi connectivity index (χ0) is 16.1. The van der Waals surface area contributed by atoms with Gasteiger partial charge < -0.3 is 14.8 Å². The molecule has 0 aliphatic carbocycles. The van der Waals surface area contributed by atoms with E-state index < -0.39 is 0 Å². The van der Waals surface area contributed by atoms with Crippen LogP contribution in [0.4, 0.5) is 5.69 Å². The van der Waals surface area contributed by atoms with Crippen molar-refractivity contribution >= 4 is 5.69 Å². The molecule has 0 spiro atoms. The van der Waals surface area contributed by atoms with Gasteiger partial charge in [0.2, 0.25) is 0 Å². The second-order valence-electron chi connectivity index (χ2n) is 5.72. The highest BCUT2D eigenvalue weighted by molar-refractivity contribution is 5.55. The van der Waals surface area contributed by atoms with Gasteiger partial charge in [-0.25, -0.2) is 0 Å². The number of para-hydroxylation sites is 1. The number of hydrogen-bond donors (Lipinski definition) is 1. The summed E-state index contributed by atoms with van der Waals surface area (Å²) < 4.78 is 11.4. The molecule has 118 valence electrons. The van der Waals surface area contributed by atoms with Crippen molar-refractivity contribution in [3.63, 3.8) is 0 Å². The molecular weight excluding hydrogens is 274 g/mol. The molecule has 0 unspecified atom stereocenters. The summed E-state index contributed by atoms with van der Waals surface area (Å²) in [6, 6.07) is 12.3. The first-order valence-electron chi connectivity index (χ1n) is 7.65. The van der Waals surface area contributed by atoms with Crippen LogP contribution in [-0.2, 0) is 6.54 Å². The Morgan fingerprint density at radius 2 is 1.77 bits per heavy atom. The lowest BCUT2D eigenvalue weighted by Crippen LogP contribution is -2.11. The molecule has 0 atom stereocenters. The number of methoxy groups -OCH3 is 1. The van der Waals surface area contributed by atoms with Gasteiger partial charge in [-0.15, -0.1) is 0 Å². The average Bonchev–Trinajstić information content (AvgIpc) is 2.49. The number of rotatable bonds is 6. The van der Waals surface area contributed by atoms with Crippen molar-refractivity contribution in [1.29, 1.82) is 0 Å². The highest BCUT2D eigenvalue weighted by Crippen LogP contribution is 2.32. The van der Waals surface area contributed by atoms with Gasteiger partial charge in [-0.1, -0.05) is 24.3 Å². The monoisotopic (exact) mass is 299 g/mol. The molecule has 0 amide bonds. The number of anilines is 1. The lowest BCUT2D eigenvalue weighted by Gasteiger charge is -2.18. The maximum absolute atomic E-state index is 5.94. The van der Waals surface area contributed by atoms with Crippen molar-refractivity contribution in [3.8, 4) is 11.5 Å². The minimum atomic E-state index is 0.107. The Balaban J connectivity index is 2.23. The standard InChI is InChI=1S/C19H25NO2/c1-13(2)22-19-16(9-7-11-18(19)21-5)12-20-17-10-6-8-14(3)15(17)4/h6-11,13,20H,12H2,1-5H3. The summed E-state index contributed by atoms with van der Waals surface area (Å²) in [6.07, 6.45) is 0.107. The van der Waals surface area contributed by atoms with Gasteiger partial charge >= 0.3 is 0 Å². The first-order chi connectivity index (χ1) is 10.5. The first kappa shape index (κ1) is 16.2. The molecule has 0 radical (unpaired) electrons. The minimum Gasteiger partial charge on any atom is -0.493 e. The van der Waals surface area contributed by atoms with Gasteiger partial charge in [0.25, 0.3) is 0 Å². The van der Waals surface area contributed by atoms with Crippen LogP contribution in [0, 0.1) is 13.8 Å². The number of aryl methyl sites for hydroxylation is 1. The largest absolute Gasteiger partial charge is 0.493 e. The summed E-state index contributed by atoms with van der Waals surface area (Å²) in [6.45, 7) is 9.00. The third-order valence-electron chi connectivity index (χ3n) is 3.71. The highest BCUT2D eigenvalue weighted by atomic mass is 16.5. The van der Waals surface area contributed by atoms with Crippen LogP contribution in [0.5, 0.6) is 11.5 Å². The van der Waals surface area contributed by atoms with E-state index in [0.717, 1.165) is 22.7 Å². The molecular formula is C19H25NO2. The second-order valence-corrected chi connectivity index (χ2v) is 5.72. The predicted octanol–water partition coefficient (Wildman–Crippen LogP) is 4.71. The SMILES string of the molecule is COc1cccc(CNc2cccc(C)c2C)c1OC(C)C. The predicted molar refractivity (Wildman–Crippen MR) is 92.0 cm³/mol. The van der Waals surface area contributed by atoms with E-state index in [2.05, 4.69) is 43.4 Å². The number of ether oxygens (including phenoxy) is 2. The van der Waals surface area contributed by atoms with E-state index in [1.807, 2.05) is 26.0 Å². The summed E-state index contributed by atoms with van der Waals surface area (Å²) in [5.74, 6) is 1.59. The summed E-state index contributed by atoms with van der Waals surface area (Å²) >= 11 is 0. The zero-order valence-corrected chi connectivity index (χ0v) is 14.1. The summed E-state index contributed by atoms with van der Waals surface area (Å²) in [4.78, 5) is 0. The van der Waals surface area contributed by atoms with Crippen molar-refractivity contribution in [2.75, 3.05) is 12.4 Å².